The van der Waals surface area contributed by atoms with Crippen LogP contribution in [0.3, 0.4) is 0 Å². The summed E-state index contributed by atoms with van der Waals surface area (Å²) in [5, 5.41) is 8.96. The van der Waals surface area contributed by atoms with Crippen molar-refractivity contribution in [3.63, 3.8) is 0 Å². The number of carboxylic acids is 1. The fourth-order valence-corrected chi connectivity index (χ4v) is 1.97. The molecule has 17 heavy (non-hydrogen) atoms. The van der Waals surface area contributed by atoms with E-state index in [0.717, 1.165) is 18.4 Å². The Morgan fingerprint density at radius 1 is 1.24 bits per heavy atom. The molecule has 0 aliphatic rings. The molecule has 0 amide bonds. The first-order valence-corrected chi connectivity index (χ1v) is 6.28. The number of rotatable bonds is 5. The van der Waals surface area contributed by atoms with Gasteiger partial charge in [0.15, 0.2) is 0 Å². The van der Waals surface area contributed by atoms with Gasteiger partial charge in [-0.05, 0) is 36.3 Å². The minimum Gasteiger partial charge on any atom is -0.481 e. The molecule has 1 aromatic rings. The minimum atomic E-state index is -0.772. The number of hydrogen-bond donors (Lipinski definition) is 1. The van der Waals surface area contributed by atoms with Crippen LogP contribution < -0.4 is 0 Å². The number of aliphatic carboxylic acids is 1. The Morgan fingerprint density at radius 3 is 2.06 bits per heavy atom. The van der Waals surface area contributed by atoms with Crippen molar-refractivity contribution in [1.29, 1.82) is 0 Å². The molecule has 0 aromatic heterocycles. The highest BCUT2D eigenvalue weighted by Crippen LogP contribution is 2.31. The summed E-state index contributed by atoms with van der Waals surface area (Å²) in [6.45, 7) is 8.35. The molecule has 0 bridgehead atoms. The molecule has 0 aliphatic heterocycles. The quantitative estimate of drug-likeness (QED) is 0.837. The van der Waals surface area contributed by atoms with Gasteiger partial charge in [-0.1, -0.05) is 45.0 Å². The minimum absolute atomic E-state index is 0.199. The lowest BCUT2D eigenvalue weighted by Crippen LogP contribution is -2.19. The van der Waals surface area contributed by atoms with Gasteiger partial charge in [-0.25, -0.2) is 0 Å². The monoisotopic (exact) mass is 234 g/mol. The van der Waals surface area contributed by atoms with Gasteiger partial charge < -0.3 is 5.11 Å². The van der Waals surface area contributed by atoms with E-state index in [2.05, 4.69) is 32.9 Å². The Bertz CT molecular complexity index is 374. The highest BCUT2D eigenvalue weighted by Gasteiger charge is 2.22. The van der Waals surface area contributed by atoms with Gasteiger partial charge in [-0.3, -0.25) is 4.79 Å². The van der Waals surface area contributed by atoms with Crippen molar-refractivity contribution in [2.24, 2.45) is 0 Å². The summed E-state index contributed by atoms with van der Waals surface area (Å²) < 4.78 is 0. The topological polar surface area (TPSA) is 37.3 Å². The number of carboxylic acid groups (broad SMARTS) is 1. The molecule has 0 radical (unpaired) electrons. The maximum atomic E-state index is 10.9. The number of benzene rings is 1. The van der Waals surface area contributed by atoms with Gasteiger partial charge in [-0.15, -0.1) is 0 Å². The molecule has 0 aliphatic carbocycles. The van der Waals surface area contributed by atoms with Gasteiger partial charge in [0.1, 0.15) is 0 Å². The number of carbonyl (C=O) groups is 1. The van der Waals surface area contributed by atoms with E-state index in [0.29, 0.717) is 0 Å². The Balaban J connectivity index is 2.99. The molecule has 1 unspecified atom stereocenters. The molecule has 94 valence electrons. The van der Waals surface area contributed by atoms with Crippen LogP contribution in [0.2, 0.25) is 0 Å². The molecule has 0 fully saturated rings. The number of hydrogen-bond acceptors (Lipinski definition) is 1. The van der Waals surface area contributed by atoms with E-state index < -0.39 is 11.9 Å². The highest BCUT2D eigenvalue weighted by molar-refractivity contribution is 5.75. The largest absolute Gasteiger partial charge is 0.481 e. The Labute approximate surface area is 104 Å². The fourth-order valence-electron chi connectivity index (χ4n) is 1.97. The fraction of sp³-hybridized carbons (Fsp3) is 0.533. The van der Waals surface area contributed by atoms with Crippen molar-refractivity contribution < 1.29 is 9.90 Å². The van der Waals surface area contributed by atoms with Gasteiger partial charge >= 0.3 is 5.97 Å². The Hall–Kier alpha value is -1.31. The van der Waals surface area contributed by atoms with Crippen LogP contribution in [-0.2, 0) is 10.2 Å². The summed E-state index contributed by atoms with van der Waals surface area (Å²) in [5.41, 5.74) is 2.37. The standard InChI is InChI=1S/C15H22O2/c1-5-15(4,6-2)13-9-7-12(8-10-13)11(3)14(16)17/h7-11H,5-6H2,1-4H3,(H,16,17). The Kier molecular flexibility index (Phi) is 4.33. The Morgan fingerprint density at radius 2 is 1.71 bits per heavy atom. The third kappa shape index (κ3) is 2.87. The zero-order valence-corrected chi connectivity index (χ0v) is 11.2. The van der Waals surface area contributed by atoms with Gasteiger partial charge in [0.05, 0.1) is 5.92 Å². The molecular weight excluding hydrogens is 212 g/mol. The zero-order valence-electron chi connectivity index (χ0n) is 11.2. The lowest BCUT2D eigenvalue weighted by atomic mass is 9.77. The summed E-state index contributed by atoms with van der Waals surface area (Å²) in [6.07, 6.45) is 2.19. The summed E-state index contributed by atoms with van der Waals surface area (Å²) in [5.74, 6) is -1.20. The van der Waals surface area contributed by atoms with Gasteiger partial charge in [0.2, 0.25) is 0 Å². The van der Waals surface area contributed by atoms with E-state index in [-0.39, 0.29) is 5.41 Å². The van der Waals surface area contributed by atoms with Gasteiger partial charge in [-0.2, -0.15) is 0 Å². The molecule has 1 rings (SSSR count). The second kappa shape index (κ2) is 5.35. The van der Waals surface area contributed by atoms with Crippen LogP contribution >= 0.6 is 0 Å². The van der Waals surface area contributed by atoms with Crippen LogP contribution in [0.5, 0.6) is 0 Å². The second-order valence-electron chi connectivity index (χ2n) is 4.95. The maximum absolute atomic E-state index is 10.9. The van der Waals surface area contributed by atoms with Crippen LogP contribution in [0.1, 0.15) is 57.6 Å². The third-order valence-corrected chi connectivity index (χ3v) is 4.04. The van der Waals surface area contributed by atoms with E-state index in [1.165, 1.54) is 5.56 Å². The predicted octanol–water partition coefficient (Wildman–Crippen LogP) is 3.95. The van der Waals surface area contributed by atoms with E-state index >= 15 is 0 Å². The summed E-state index contributed by atoms with van der Waals surface area (Å²) in [4.78, 5) is 10.9. The molecule has 0 saturated heterocycles. The van der Waals surface area contributed by atoms with Crippen LogP contribution in [0.25, 0.3) is 0 Å². The molecule has 0 heterocycles. The molecule has 2 nitrogen and oxygen atoms in total. The molecule has 0 spiro atoms. The van der Waals surface area contributed by atoms with Crippen LogP contribution in [0.4, 0.5) is 0 Å². The maximum Gasteiger partial charge on any atom is 0.310 e. The first-order valence-electron chi connectivity index (χ1n) is 6.28. The first-order chi connectivity index (χ1) is 7.94. The van der Waals surface area contributed by atoms with Gasteiger partial charge in [0, 0.05) is 0 Å². The van der Waals surface area contributed by atoms with E-state index in [1.807, 2.05) is 12.1 Å². The normalized spacial score (nSPS) is 13.4. The summed E-state index contributed by atoms with van der Waals surface area (Å²) in [6, 6.07) is 8.03. The van der Waals surface area contributed by atoms with E-state index in [9.17, 15) is 4.79 Å². The second-order valence-corrected chi connectivity index (χ2v) is 4.95. The molecular formula is C15H22O2. The molecule has 1 N–H and O–H groups in total. The lowest BCUT2D eigenvalue weighted by molar-refractivity contribution is -0.138. The third-order valence-electron chi connectivity index (χ3n) is 4.04. The molecule has 1 aromatic carbocycles. The molecule has 2 heteroatoms. The summed E-state index contributed by atoms with van der Waals surface area (Å²) >= 11 is 0. The van der Waals surface area contributed by atoms with Crippen molar-refractivity contribution in [2.75, 3.05) is 0 Å². The van der Waals surface area contributed by atoms with Crippen molar-refractivity contribution in [3.8, 4) is 0 Å². The van der Waals surface area contributed by atoms with Crippen molar-refractivity contribution in [2.45, 2.75) is 51.9 Å². The van der Waals surface area contributed by atoms with Gasteiger partial charge in [0.25, 0.3) is 0 Å². The van der Waals surface area contributed by atoms with Crippen molar-refractivity contribution in [1.82, 2.24) is 0 Å². The predicted molar refractivity (Wildman–Crippen MR) is 70.4 cm³/mol. The highest BCUT2D eigenvalue weighted by atomic mass is 16.4. The molecule has 0 saturated carbocycles. The SMILES string of the molecule is CCC(C)(CC)c1ccc(C(C)C(=O)O)cc1. The average Bonchev–Trinajstić information content (AvgIpc) is 2.37. The van der Waals surface area contributed by atoms with Crippen molar-refractivity contribution in [3.05, 3.63) is 35.4 Å². The summed E-state index contributed by atoms with van der Waals surface area (Å²) in [7, 11) is 0. The lowest BCUT2D eigenvalue weighted by Gasteiger charge is -2.27. The first kappa shape index (κ1) is 13.8. The molecule has 1 atom stereocenters. The van der Waals surface area contributed by atoms with E-state index in [4.69, 9.17) is 5.11 Å². The smallest absolute Gasteiger partial charge is 0.310 e. The van der Waals surface area contributed by atoms with Crippen LogP contribution in [0, 0.1) is 0 Å². The van der Waals surface area contributed by atoms with Crippen molar-refractivity contribution >= 4 is 5.97 Å². The van der Waals surface area contributed by atoms with Crippen LogP contribution in [0.15, 0.2) is 24.3 Å². The average molecular weight is 234 g/mol. The zero-order chi connectivity index (χ0) is 13.1. The van der Waals surface area contributed by atoms with E-state index in [1.54, 1.807) is 6.92 Å². The van der Waals surface area contributed by atoms with Crippen LogP contribution in [-0.4, -0.2) is 11.1 Å².